The van der Waals surface area contributed by atoms with Crippen molar-refractivity contribution in [2.24, 2.45) is 11.7 Å². The summed E-state index contributed by atoms with van der Waals surface area (Å²) in [6.07, 6.45) is 5.51. The molecule has 3 rings (SSSR count). The van der Waals surface area contributed by atoms with Gasteiger partial charge in [0.2, 0.25) is 0 Å². The number of nitrogens with zero attached hydrogens (tertiary/aromatic N) is 1. The van der Waals surface area contributed by atoms with E-state index >= 15 is 0 Å². The lowest BCUT2D eigenvalue weighted by Crippen LogP contribution is -2.37. The quantitative estimate of drug-likeness (QED) is 0.796. The Balaban J connectivity index is 1.81. The van der Waals surface area contributed by atoms with Gasteiger partial charge in [-0.15, -0.1) is 0 Å². The van der Waals surface area contributed by atoms with E-state index in [0.29, 0.717) is 12.6 Å². The van der Waals surface area contributed by atoms with E-state index in [4.69, 9.17) is 5.73 Å². The molecule has 0 aromatic heterocycles. The molecule has 0 amide bonds. The van der Waals surface area contributed by atoms with Crippen LogP contribution in [0.25, 0.3) is 0 Å². The van der Waals surface area contributed by atoms with E-state index in [1.54, 1.807) is 0 Å². The summed E-state index contributed by atoms with van der Waals surface area (Å²) >= 11 is 7.14. The molecule has 2 aliphatic carbocycles. The monoisotopic (exact) mass is 386 g/mol. The average molecular weight is 388 g/mol. The molecule has 1 aromatic carbocycles. The maximum absolute atomic E-state index is 6.09. The molecule has 2 fully saturated rings. The molecule has 1 atom stereocenters. The minimum atomic E-state index is 0.373. The van der Waals surface area contributed by atoms with Gasteiger partial charge in [0.15, 0.2) is 0 Å². The first-order valence-electron chi connectivity index (χ1n) is 7.10. The molecule has 0 heterocycles. The van der Waals surface area contributed by atoms with Gasteiger partial charge in [-0.1, -0.05) is 6.07 Å². The Bertz CT molecular complexity index is 455. The van der Waals surface area contributed by atoms with Crippen molar-refractivity contribution in [2.45, 2.75) is 37.8 Å². The first-order chi connectivity index (χ1) is 9.19. The van der Waals surface area contributed by atoms with Crippen LogP contribution >= 0.6 is 31.9 Å². The minimum absolute atomic E-state index is 0.373. The Morgan fingerprint density at radius 1 is 1.16 bits per heavy atom. The van der Waals surface area contributed by atoms with E-state index < -0.39 is 0 Å². The van der Waals surface area contributed by atoms with Crippen molar-refractivity contribution >= 4 is 31.9 Å². The molecule has 0 radical (unpaired) electrons. The molecular formula is C15H20Br2N2. The van der Waals surface area contributed by atoms with Crippen LogP contribution in [0, 0.1) is 5.92 Å². The highest BCUT2D eigenvalue weighted by atomic mass is 79.9. The van der Waals surface area contributed by atoms with Gasteiger partial charge < -0.3 is 5.73 Å². The van der Waals surface area contributed by atoms with Gasteiger partial charge in [-0.2, -0.15) is 0 Å². The summed E-state index contributed by atoms with van der Waals surface area (Å²) in [5.74, 6) is 0.925. The number of rotatable bonds is 6. The number of halogens is 2. The zero-order chi connectivity index (χ0) is 13.4. The second-order valence-corrected chi connectivity index (χ2v) is 7.51. The van der Waals surface area contributed by atoms with E-state index in [1.165, 1.54) is 37.8 Å². The summed E-state index contributed by atoms with van der Waals surface area (Å²) in [5.41, 5.74) is 7.42. The van der Waals surface area contributed by atoms with Crippen molar-refractivity contribution in [3.63, 3.8) is 0 Å². The molecule has 2 nitrogen and oxygen atoms in total. The van der Waals surface area contributed by atoms with E-state index in [9.17, 15) is 0 Å². The predicted octanol–water partition coefficient (Wildman–Crippen LogP) is 4.09. The molecule has 1 aromatic rings. The number of hydrogen-bond donors (Lipinski definition) is 1. The Kier molecular flexibility index (Phi) is 4.32. The standard InChI is InChI=1S/C15H20Br2N2/c16-13-6-3-11(7-14(13)17)15(8-18)19(12-4-5-12)9-10-1-2-10/h3,6-7,10,12,15H,1-2,4-5,8-9,18H2. The van der Waals surface area contributed by atoms with Crippen LogP contribution < -0.4 is 5.73 Å². The number of benzene rings is 1. The van der Waals surface area contributed by atoms with Crippen molar-refractivity contribution in [1.29, 1.82) is 0 Å². The lowest BCUT2D eigenvalue weighted by molar-refractivity contribution is 0.182. The normalized spacial score (nSPS) is 20.8. The molecule has 0 aliphatic heterocycles. The highest BCUT2D eigenvalue weighted by molar-refractivity contribution is 9.13. The predicted molar refractivity (Wildman–Crippen MR) is 86.1 cm³/mol. The SMILES string of the molecule is NCC(c1ccc(Br)c(Br)c1)N(CC1CC1)C1CC1. The summed E-state index contributed by atoms with van der Waals surface area (Å²) in [5, 5.41) is 0. The lowest BCUT2D eigenvalue weighted by Gasteiger charge is -2.31. The highest BCUT2D eigenvalue weighted by Crippen LogP contribution is 2.40. The van der Waals surface area contributed by atoms with Gasteiger partial charge in [-0.3, -0.25) is 4.90 Å². The molecule has 2 saturated carbocycles. The molecule has 104 valence electrons. The van der Waals surface area contributed by atoms with Crippen molar-refractivity contribution in [3.05, 3.63) is 32.7 Å². The molecule has 2 aliphatic rings. The zero-order valence-electron chi connectivity index (χ0n) is 11.0. The third-order valence-electron chi connectivity index (χ3n) is 4.13. The Hall–Kier alpha value is 0.1000. The van der Waals surface area contributed by atoms with Gasteiger partial charge >= 0.3 is 0 Å². The Labute approximate surface area is 132 Å². The van der Waals surface area contributed by atoms with Crippen molar-refractivity contribution < 1.29 is 0 Å². The van der Waals surface area contributed by atoms with Gasteiger partial charge in [-0.25, -0.2) is 0 Å². The fraction of sp³-hybridized carbons (Fsp3) is 0.600. The molecule has 19 heavy (non-hydrogen) atoms. The van der Waals surface area contributed by atoms with Crippen LogP contribution in [0.3, 0.4) is 0 Å². The fourth-order valence-corrected chi connectivity index (χ4v) is 3.36. The second kappa shape index (κ2) is 5.84. The van der Waals surface area contributed by atoms with Crippen LogP contribution in [-0.2, 0) is 0 Å². The van der Waals surface area contributed by atoms with Crippen LogP contribution in [0.15, 0.2) is 27.1 Å². The van der Waals surface area contributed by atoms with Crippen LogP contribution in [0.1, 0.15) is 37.3 Å². The average Bonchev–Trinajstić information content (AvgIpc) is 3.27. The first-order valence-corrected chi connectivity index (χ1v) is 8.68. The van der Waals surface area contributed by atoms with Crippen LogP contribution in [0.2, 0.25) is 0 Å². The maximum Gasteiger partial charge on any atom is 0.0473 e. The smallest absolute Gasteiger partial charge is 0.0473 e. The minimum Gasteiger partial charge on any atom is -0.329 e. The molecule has 0 bridgehead atoms. The number of hydrogen-bond acceptors (Lipinski definition) is 2. The molecule has 0 spiro atoms. The molecule has 0 saturated heterocycles. The summed E-state index contributed by atoms with van der Waals surface area (Å²) in [6.45, 7) is 1.94. The Morgan fingerprint density at radius 3 is 2.42 bits per heavy atom. The second-order valence-electron chi connectivity index (χ2n) is 5.80. The lowest BCUT2D eigenvalue weighted by atomic mass is 10.0. The molecule has 2 N–H and O–H groups in total. The largest absolute Gasteiger partial charge is 0.329 e. The van der Waals surface area contributed by atoms with Gasteiger partial charge in [0, 0.05) is 34.1 Å². The van der Waals surface area contributed by atoms with E-state index in [1.807, 2.05) is 0 Å². The van der Waals surface area contributed by atoms with Crippen LogP contribution in [0.4, 0.5) is 0 Å². The summed E-state index contributed by atoms with van der Waals surface area (Å²) < 4.78 is 2.22. The highest BCUT2D eigenvalue weighted by Gasteiger charge is 2.37. The third-order valence-corrected chi connectivity index (χ3v) is 6.01. The molecule has 1 unspecified atom stereocenters. The van der Waals surface area contributed by atoms with Crippen molar-refractivity contribution in [3.8, 4) is 0 Å². The summed E-state index contributed by atoms with van der Waals surface area (Å²) in [4.78, 5) is 2.66. The first kappa shape index (κ1) is 14.1. The van der Waals surface area contributed by atoms with Gasteiger partial charge in [0.05, 0.1) is 0 Å². The topological polar surface area (TPSA) is 29.3 Å². The van der Waals surface area contributed by atoms with Gasteiger partial charge in [0.1, 0.15) is 0 Å². The summed E-state index contributed by atoms with van der Waals surface area (Å²) in [6, 6.07) is 7.68. The van der Waals surface area contributed by atoms with Gasteiger partial charge in [0.25, 0.3) is 0 Å². The zero-order valence-corrected chi connectivity index (χ0v) is 14.2. The summed E-state index contributed by atoms with van der Waals surface area (Å²) in [7, 11) is 0. The van der Waals surface area contributed by atoms with Crippen molar-refractivity contribution in [2.75, 3.05) is 13.1 Å². The Morgan fingerprint density at radius 2 is 1.89 bits per heavy atom. The van der Waals surface area contributed by atoms with Gasteiger partial charge in [-0.05, 0) is 81.2 Å². The molecule has 4 heteroatoms. The fourth-order valence-electron chi connectivity index (χ4n) is 2.72. The molecular weight excluding hydrogens is 368 g/mol. The van der Waals surface area contributed by atoms with E-state index in [-0.39, 0.29) is 0 Å². The van der Waals surface area contributed by atoms with Crippen molar-refractivity contribution in [1.82, 2.24) is 4.90 Å². The van der Waals surface area contributed by atoms with E-state index in [0.717, 1.165) is 20.9 Å². The van der Waals surface area contributed by atoms with Crippen LogP contribution in [0.5, 0.6) is 0 Å². The maximum atomic E-state index is 6.09. The third kappa shape index (κ3) is 3.41. The van der Waals surface area contributed by atoms with Crippen LogP contribution in [-0.4, -0.2) is 24.0 Å². The van der Waals surface area contributed by atoms with E-state index in [2.05, 4.69) is 55.0 Å². The number of nitrogens with two attached hydrogens (primary N) is 1.